The van der Waals surface area contributed by atoms with Gasteiger partial charge >= 0.3 is 11.9 Å². The number of hydrogen-bond acceptors (Lipinski definition) is 6. The fourth-order valence-corrected chi connectivity index (χ4v) is 2.95. The minimum atomic E-state index is -0.354. The van der Waals surface area contributed by atoms with Gasteiger partial charge in [-0.25, -0.2) is 14.8 Å². The highest BCUT2D eigenvalue weighted by Crippen LogP contribution is 2.19. The second kappa shape index (κ2) is 10.3. The van der Waals surface area contributed by atoms with Crippen LogP contribution in [0.15, 0.2) is 67.0 Å². The first-order valence-corrected chi connectivity index (χ1v) is 9.87. The highest BCUT2D eigenvalue weighted by atomic mass is 16.5. The maximum Gasteiger partial charge on any atom is 0.338 e. The number of rotatable bonds is 8. The van der Waals surface area contributed by atoms with E-state index in [1.807, 2.05) is 49.6 Å². The normalized spacial score (nSPS) is 11.5. The number of hydrogen-bond donors (Lipinski definition) is 0. The second-order valence-corrected chi connectivity index (χ2v) is 7.01. The van der Waals surface area contributed by atoms with Crippen LogP contribution in [0.25, 0.3) is 11.4 Å². The van der Waals surface area contributed by atoms with Gasteiger partial charge in [0, 0.05) is 24.9 Å². The average molecular weight is 404 g/mol. The molecule has 30 heavy (non-hydrogen) atoms. The molecular formula is C24H24N2O4. The summed E-state index contributed by atoms with van der Waals surface area (Å²) in [5.74, 6) is 0.450. The maximum atomic E-state index is 12.1. The number of benzene rings is 2. The van der Waals surface area contributed by atoms with Gasteiger partial charge in [-0.05, 0) is 68.1 Å². The number of ether oxygens (including phenoxy) is 2. The molecule has 0 saturated carbocycles. The molecule has 0 amide bonds. The van der Waals surface area contributed by atoms with Gasteiger partial charge in [0.2, 0.25) is 0 Å². The molecule has 3 aromatic rings. The molecule has 0 saturated heterocycles. The first kappa shape index (κ1) is 21.2. The van der Waals surface area contributed by atoms with Crippen molar-refractivity contribution in [1.82, 2.24) is 9.97 Å². The second-order valence-electron chi connectivity index (χ2n) is 7.01. The number of aryl methyl sites for hydroxylation is 1. The number of nitrogens with zero attached hydrogens (tertiary/aromatic N) is 2. The van der Waals surface area contributed by atoms with E-state index in [1.54, 1.807) is 24.3 Å². The van der Waals surface area contributed by atoms with E-state index in [2.05, 4.69) is 9.97 Å². The Labute approximate surface area is 175 Å². The predicted molar refractivity (Wildman–Crippen MR) is 113 cm³/mol. The van der Waals surface area contributed by atoms with Crippen LogP contribution in [0.4, 0.5) is 0 Å². The molecular weight excluding hydrogens is 380 g/mol. The van der Waals surface area contributed by atoms with Crippen molar-refractivity contribution in [3.8, 4) is 17.1 Å². The van der Waals surface area contributed by atoms with Crippen LogP contribution in [-0.2, 0) is 16.0 Å². The van der Waals surface area contributed by atoms with Crippen LogP contribution in [-0.4, -0.2) is 28.0 Å². The maximum absolute atomic E-state index is 12.1. The molecule has 6 nitrogen and oxygen atoms in total. The Morgan fingerprint density at radius 1 is 0.967 bits per heavy atom. The summed E-state index contributed by atoms with van der Waals surface area (Å²) < 4.78 is 10.5. The lowest BCUT2D eigenvalue weighted by molar-refractivity contribution is -0.131. The standard InChI is InChI=1S/C24H24N2O4/c1-17(29-24(28)21-9-4-3-5-10-21)7-6-8-19-15-25-23(26-16-19)20-11-13-22(14-12-20)30-18(2)27/h3-5,9-17H,6-8H2,1-2H3. The quantitative estimate of drug-likeness (QED) is 0.402. The Morgan fingerprint density at radius 3 is 2.27 bits per heavy atom. The lowest BCUT2D eigenvalue weighted by Crippen LogP contribution is -2.15. The van der Waals surface area contributed by atoms with Gasteiger partial charge in [0.25, 0.3) is 0 Å². The Bertz CT molecular complexity index is 970. The molecule has 0 bridgehead atoms. The topological polar surface area (TPSA) is 78.4 Å². The Kier molecular flexibility index (Phi) is 7.27. The molecule has 0 aliphatic carbocycles. The van der Waals surface area contributed by atoms with Crippen molar-refractivity contribution < 1.29 is 19.1 Å². The van der Waals surface area contributed by atoms with E-state index in [-0.39, 0.29) is 18.0 Å². The summed E-state index contributed by atoms with van der Waals surface area (Å²) in [7, 11) is 0. The zero-order chi connectivity index (χ0) is 21.3. The molecule has 0 aliphatic rings. The fourth-order valence-electron chi connectivity index (χ4n) is 2.95. The Morgan fingerprint density at radius 2 is 1.63 bits per heavy atom. The minimum Gasteiger partial charge on any atom is -0.459 e. The van der Waals surface area contributed by atoms with Crippen molar-refractivity contribution in [2.24, 2.45) is 0 Å². The molecule has 0 fully saturated rings. The zero-order valence-corrected chi connectivity index (χ0v) is 17.1. The summed E-state index contributed by atoms with van der Waals surface area (Å²) in [4.78, 5) is 31.9. The third-order valence-corrected chi connectivity index (χ3v) is 4.47. The molecule has 1 heterocycles. The molecule has 3 rings (SSSR count). The van der Waals surface area contributed by atoms with Crippen LogP contribution in [0.1, 0.15) is 42.6 Å². The van der Waals surface area contributed by atoms with Crippen molar-refractivity contribution in [3.63, 3.8) is 0 Å². The summed E-state index contributed by atoms with van der Waals surface area (Å²) in [6.45, 7) is 3.27. The zero-order valence-electron chi connectivity index (χ0n) is 17.1. The summed E-state index contributed by atoms with van der Waals surface area (Å²) in [5.41, 5.74) is 2.44. The minimum absolute atomic E-state index is 0.159. The molecule has 1 atom stereocenters. The molecule has 6 heteroatoms. The lowest BCUT2D eigenvalue weighted by atomic mass is 10.1. The Balaban J connectivity index is 1.46. The van der Waals surface area contributed by atoms with Gasteiger partial charge in [0.05, 0.1) is 11.7 Å². The van der Waals surface area contributed by atoms with Gasteiger partial charge in [0.15, 0.2) is 5.82 Å². The number of carbonyl (C=O) groups is 2. The van der Waals surface area contributed by atoms with Crippen molar-refractivity contribution in [2.75, 3.05) is 0 Å². The van der Waals surface area contributed by atoms with Gasteiger partial charge < -0.3 is 9.47 Å². The third kappa shape index (κ3) is 6.24. The first-order chi connectivity index (χ1) is 14.5. The molecule has 0 N–H and O–H groups in total. The predicted octanol–water partition coefficient (Wildman–Crippen LogP) is 4.64. The third-order valence-electron chi connectivity index (χ3n) is 4.47. The Hall–Kier alpha value is -3.54. The highest BCUT2D eigenvalue weighted by Gasteiger charge is 2.11. The van der Waals surface area contributed by atoms with Crippen molar-refractivity contribution in [1.29, 1.82) is 0 Å². The van der Waals surface area contributed by atoms with E-state index in [4.69, 9.17) is 9.47 Å². The van der Waals surface area contributed by atoms with E-state index in [0.717, 1.165) is 30.4 Å². The van der Waals surface area contributed by atoms with Crippen LogP contribution in [0.3, 0.4) is 0 Å². The van der Waals surface area contributed by atoms with Gasteiger partial charge in [-0.3, -0.25) is 4.79 Å². The largest absolute Gasteiger partial charge is 0.459 e. The summed E-state index contributed by atoms with van der Waals surface area (Å²) in [6, 6.07) is 16.1. The molecule has 154 valence electrons. The molecule has 0 aliphatic heterocycles. The van der Waals surface area contributed by atoms with Crippen molar-refractivity contribution in [2.45, 2.75) is 39.2 Å². The number of aromatic nitrogens is 2. The lowest BCUT2D eigenvalue weighted by Gasteiger charge is -2.13. The smallest absolute Gasteiger partial charge is 0.338 e. The van der Waals surface area contributed by atoms with Gasteiger partial charge in [-0.1, -0.05) is 18.2 Å². The summed E-state index contributed by atoms with van der Waals surface area (Å²) >= 11 is 0. The summed E-state index contributed by atoms with van der Waals surface area (Å²) in [5, 5.41) is 0. The van der Waals surface area contributed by atoms with E-state index in [9.17, 15) is 9.59 Å². The van der Waals surface area contributed by atoms with Crippen LogP contribution >= 0.6 is 0 Å². The van der Waals surface area contributed by atoms with Gasteiger partial charge in [-0.15, -0.1) is 0 Å². The molecule has 1 aromatic heterocycles. The first-order valence-electron chi connectivity index (χ1n) is 9.87. The summed E-state index contributed by atoms with van der Waals surface area (Å²) in [6.07, 6.45) is 5.89. The monoisotopic (exact) mass is 404 g/mol. The van der Waals surface area contributed by atoms with Crippen molar-refractivity contribution in [3.05, 3.63) is 78.1 Å². The van der Waals surface area contributed by atoms with E-state index in [0.29, 0.717) is 17.1 Å². The molecule has 2 aromatic carbocycles. The average Bonchev–Trinajstić information content (AvgIpc) is 2.75. The number of esters is 2. The van der Waals surface area contributed by atoms with E-state index >= 15 is 0 Å². The number of carbonyl (C=O) groups excluding carboxylic acids is 2. The van der Waals surface area contributed by atoms with Crippen molar-refractivity contribution >= 4 is 11.9 Å². The fraction of sp³-hybridized carbons (Fsp3) is 0.250. The van der Waals surface area contributed by atoms with E-state index in [1.165, 1.54) is 6.92 Å². The van der Waals surface area contributed by atoms with E-state index < -0.39 is 0 Å². The van der Waals surface area contributed by atoms with Gasteiger partial charge in [-0.2, -0.15) is 0 Å². The van der Waals surface area contributed by atoms with Gasteiger partial charge in [0.1, 0.15) is 5.75 Å². The molecule has 0 spiro atoms. The molecule has 0 radical (unpaired) electrons. The SMILES string of the molecule is CC(=O)Oc1ccc(-c2ncc(CCCC(C)OC(=O)c3ccccc3)cn2)cc1. The van der Waals surface area contributed by atoms with Crippen LogP contribution in [0.5, 0.6) is 5.75 Å². The molecule has 1 unspecified atom stereocenters. The highest BCUT2D eigenvalue weighted by molar-refractivity contribution is 5.89. The van der Waals surface area contributed by atoms with Crippen LogP contribution in [0, 0.1) is 0 Å². The van der Waals surface area contributed by atoms with Crippen LogP contribution in [0.2, 0.25) is 0 Å². The van der Waals surface area contributed by atoms with Crippen LogP contribution < -0.4 is 4.74 Å².